The highest BCUT2D eigenvalue weighted by molar-refractivity contribution is 5.34. The Morgan fingerprint density at radius 1 is 1.47 bits per heavy atom. The highest BCUT2D eigenvalue weighted by Gasteiger charge is 2.10. The van der Waals surface area contributed by atoms with Gasteiger partial charge in [0.05, 0.1) is 0 Å². The maximum Gasteiger partial charge on any atom is 0.123 e. The summed E-state index contributed by atoms with van der Waals surface area (Å²) in [5.74, 6) is -0.211. The van der Waals surface area contributed by atoms with Crippen molar-refractivity contribution in [3.8, 4) is 5.75 Å². The lowest BCUT2D eigenvalue weighted by Gasteiger charge is -2.15. The second-order valence-electron chi connectivity index (χ2n) is 3.93. The molecule has 0 saturated heterocycles. The Kier molecular flexibility index (Phi) is 5.94. The minimum absolute atomic E-state index is 0.0765. The molecule has 0 aliphatic heterocycles. The van der Waals surface area contributed by atoms with E-state index in [0.29, 0.717) is 12.2 Å². The van der Waals surface area contributed by atoms with Crippen molar-refractivity contribution in [2.45, 2.75) is 26.3 Å². The number of rotatable bonds is 7. The van der Waals surface area contributed by atoms with Crippen LogP contribution < -0.4 is 5.32 Å². The van der Waals surface area contributed by atoms with Crippen LogP contribution in [-0.2, 0) is 4.74 Å². The van der Waals surface area contributed by atoms with E-state index in [2.05, 4.69) is 5.32 Å². The Hall–Kier alpha value is -1.13. The second-order valence-corrected chi connectivity index (χ2v) is 3.93. The van der Waals surface area contributed by atoms with E-state index in [1.165, 1.54) is 18.2 Å². The summed E-state index contributed by atoms with van der Waals surface area (Å²) in [6.07, 6.45) is 0.897. The SMILES string of the molecule is CCOCCCNC(C)c1cc(F)ccc1O. The molecule has 17 heavy (non-hydrogen) atoms. The predicted molar refractivity (Wildman–Crippen MR) is 65.6 cm³/mol. The van der Waals surface area contributed by atoms with E-state index in [1.807, 2.05) is 13.8 Å². The fourth-order valence-corrected chi connectivity index (χ4v) is 1.62. The van der Waals surface area contributed by atoms with Crippen LogP contribution in [0.4, 0.5) is 4.39 Å². The maximum absolute atomic E-state index is 13.0. The van der Waals surface area contributed by atoms with Gasteiger partial charge >= 0.3 is 0 Å². The van der Waals surface area contributed by atoms with Gasteiger partial charge in [0, 0.05) is 24.8 Å². The Balaban J connectivity index is 2.41. The van der Waals surface area contributed by atoms with Gasteiger partial charge in [-0.25, -0.2) is 4.39 Å². The van der Waals surface area contributed by atoms with Gasteiger partial charge in [-0.15, -0.1) is 0 Å². The molecule has 3 nitrogen and oxygen atoms in total. The average Bonchev–Trinajstić information content (AvgIpc) is 2.32. The molecule has 0 spiro atoms. The molecule has 2 N–H and O–H groups in total. The third kappa shape index (κ3) is 4.71. The van der Waals surface area contributed by atoms with E-state index >= 15 is 0 Å². The number of hydrogen-bond donors (Lipinski definition) is 2. The van der Waals surface area contributed by atoms with Gasteiger partial charge in [0.25, 0.3) is 0 Å². The molecule has 0 aromatic heterocycles. The minimum Gasteiger partial charge on any atom is -0.508 e. The summed E-state index contributed by atoms with van der Waals surface area (Å²) in [5.41, 5.74) is 0.585. The largest absolute Gasteiger partial charge is 0.508 e. The average molecular weight is 241 g/mol. The zero-order valence-electron chi connectivity index (χ0n) is 10.4. The fourth-order valence-electron chi connectivity index (χ4n) is 1.62. The number of ether oxygens (including phenoxy) is 1. The van der Waals surface area contributed by atoms with E-state index in [9.17, 15) is 9.50 Å². The molecule has 1 atom stereocenters. The standard InChI is InChI=1S/C13H20FNO2/c1-3-17-8-4-7-15-10(2)12-9-11(14)5-6-13(12)16/h5-6,9-10,15-16H,3-4,7-8H2,1-2H3. The number of nitrogens with one attached hydrogen (secondary N) is 1. The number of phenolic OH excluding ortho intramolecular Hbond substituents is 1. The van der Waals surface area contributed by atoms with Gasteiger partial charge in [0.2, 0.25) is 0 Å². The summed E-state index contributed by atoms with van der Waals surface area (Å²) >= 11 is 0. The molecule has 0 saturated carbocycles. The number of aromatic hydroxyl groups is 1. The molecule has 1 aromatic rings. The third-order valence-electron chi connectivity index (χ3n) is 2.58. The highest BCUT2D eigenvalue weighted by atomic mass is 19.1. The number of phenols is 1. The highest BCUT2D eigenvalue weighted by Crippen LogP contribution is 2.24. The first-order chi connectivity index (χ1) is 8.15. The quantitative estimate of drug-likeness (QED) is 0.721. The Morgan fingerprint density at radius 3 is 2.94 bits per heavy atom. The summed E-state index contributed by atoms with van der Waals surface area (Å²) in [7, 11) is 0. The van der Waals surface area contributed by atoms with Crippen LogP contribution in [0, 0.1) is 5.82 Å². The van der Waals surface area contributed by atoms with E-state index in [-0.39, 0.29) is 17.6 Å². The number of halogens is 1. The smallest absolute Gasteiger partial charge is 0.123 e. The Labute approximate surface area is 102 Å². The zero-order chi connectivity index (χ0) is 12.7. The first-order valence-electron chi connectivity index (χ1n) is 5.94. The molecule has 0 aliphatic carbocycles. The first kappa shape index (κ1) is 13.9. The van der Waals surface area contributed by atoms with Crippen molar-refractivity contribution in [3.63, 3.8) is 0 Å². The van der Waals surface area contributed by atoms with Crippen LogP contribution in [-0.4, -0.2) is 24.9 Å². The van der Waals surface area contributed by atoms with E-state index in [1.54, 1.807) is 0 Å². The van der Waals surface area contributed by atoms with Crippen molar-refractivity contribution in [1.29, 1.82) is 0 Å². The molecule has 0 radical (unpaired) electrons. The predicted octanol–water partition coefficient (Wildman–Crippen LogP) is 2.61. The monoisotopic (exact) mass is 241 g/mol. The van der Waals surface area contributed by atoms with E-state index in [0.717, 1.165) is 19.6 Å². The van der Waals surface area contributed by atoms with Crippen LogP contribution in [0.5, 0.6) is 5.75 Å². The maximum atomic E-state index is 13.0. The molecule has 96 valence electrons. The number of benzene rings is 1. The number of hydrogen-bond acceptors (Lipinski definition) is 3. The summed E-state index contributed by atoms with van der Waals surface area (Å²) in [5, 5.41) is 12.8. The van der Waals surface area contributed by atoms with Gasteiger partial charge < -0.3 is 15.2 Å². The van der Waals surface area contributed by atoms with Crippen LogP contribution in [0.25, 0.3) is 0 Å². The minimum atomic E-state index is -0.333. The second kappa shape index (κ2) is 7.25. The van der Waals surface area contributed by atoms with Crippen molar-refractivity contribution in [3.05, 3.63) is 29.6 Å². The molecule has 0 heterocycles. The van der Waals surface area contributed by atoms with Crippen molar-refractivity contribution in [1.82, 2.24) is 5.32 Å². The van der Waals surface area contributed by atoms with Crippen LogP contribution in [0.1, 0.15) is 31.9 Å². The lowest BCUT2D eigenvalue weighted by Crippen LogP contribution is -2.21. The molecule has 0 fully saturated rings. The van der Waals surface area contributed by atoms with Crippen molar-refractivity contribution >= 4 is 0 Å². The van der Waals surface area contributed by atoms with Crippen molar-refractivity contribution < 1.29 is 14.2 Å². The molecule has 1 rings (SSSR count). The normalized spacial score (nSPS) is 12.6. The Morgan fingerprint density at radius 2 is 2.24 bits per heavy atom. The van der Waals surface area contributed by atoms with Gasteiger partial charge in [-0.2, -0.15) is 0 Å². The van der Waals surface area contributed by atoms with Crippen molar-refractivity contribution in [2.24, 2.45) is 0 Å². The molecule has 0 aliphatic rings. The Bertz CT molecular complexity index is 344. The molecule has 1 unspecified atom stereocenters. The van der Waals surface area contributed by atoms with E-state index < -0.39 is 0 Å². The molecule has 0 bridgehead atoms. The molecule has 4 heteroatoms. The lowest BCUT2D eigenvalue weighted by atomic mass is 10.1. The molecule has 1 aromatic carbocycles. The van der Waals surface area contributed by atoms with Crippen molar-refractivity contribution in [2.75, 3.05) is 19.8 Å². The summed E-state index contributed by atoms with van der Waals surface area (Å²) in [6, 6.07) is 3.91. The molecular weight excluding hydrogens is 221 g/mol. The zero-order valence-corrected chi connectivity index (χ0v) is 10.4. The summed E-state index contributed by atoms with van der Waals surface area (Å²) in [4.78, 5) is 0. The van der Waals surface area contributed by atoms with Gasteiger partial charge in [-0.05, 0) is 45.0 Å². The lowest BCUT2D eigenvalue weighted by molar-refractivity contribution is 0.144. The summed E-state index contributed by atoms with van der Waals surface area (Å²) in [6.45, 7) is 6.07. The third-order valence-corrected chi connectivity index (χ3v) is 2.58. The van der Waals surface area contributed by atoms with Crippen LogP contribution >= 0.6 is 0 Å². The fraction of sp³-hybridized carbons (Fsp3) is 0.538. The first-order valence-corrected chi connectivity index (χ1v) is 5.94. The van der Waals surface area contributed by atoms with Gasteiger partial charge in [0.15, 0.2) is 0 Å². The van der Waals surface area contributed by atoms with Crippen LogP contribution in [0.2, 0.25) is 0 Å². The molecule has 0 amide bonds. The topological polar surface area (TPSA) is 41.5 Å². The van der Waals surface area contributed by atoms with Crippen LogP contribution in [0.3, 0.4) is 0 Å². The summed E-state index contributed by atoms with van der Waals surface area (Å²) < 4.78 is 18.3. The van der Waals surface area contributed by atoms with Gasteiger partial charge in [-0.1, -0.05) is 0 Å². The van der Waals surface area contributed by atoms with Gasteiger partial charge in [-0.3, -0.25) is 0 Å². The van der Waals surface area contributed by atoms with E-state index in [4.69, 9.17) is 4.74 Å². The molecular formula is C13H20FNO2. The van der Waals surface area contributed by atoms with Crippen LogP contribution in [0.15, 0.2) is 18.2 Å². The van der Waals surface area contributed by atoms with Gasteiger partial charge in [0.1, 0.15) is 11.6 Å².